The molecule has 1 aliphatic carbocycles. The normalized spacial score (nSPS) is 14.5. The second kappa shape index (κ2) is 5.99. The summed E-state index contributed by atoms with van der Waals surface area (Å²) in [5.74, 6) is 0.697. The molecule has 0 unspecified atom stereocenters. The van der Waals surface area contributed by atoms with E-state index in [4.69, 9.17) is 4.52 Å². The Morgan fingerprint density at radius 2 is 2.17 bits per heavy atom. The van der Waals surface area contributed by atoms with Crippen LogP contribution >= 0.6 is 0 Å². The third-order valence-electron chi connectivity index (χ3n) is 3.25. The summed E-state index contributed by atoms with van der Waals surface area (Å²) in [6, 6.07) is 4.66. The van der Waals surface area contributed by atoms with Crippen LogP contribution in [0, 0.1) is 12.8 Å². The van der Waals surface area contributed by atoms with Crippen molar-refractivity contribution in [3.05, 3.63) is 35.9 Å². The standard InChI is InChI=1S/C14H16N4O4S/c1-9-6-12(17-22-9)8-23(20,21)18-11-4-5-13(15-7-11)16-14(19)10-2-3-10/h4-7,10,18H,2-3,8H2,1H3,(H,15,16,19). The Hall–Kier alpha value is -2.42. The second-order valence-corrected chi connectivity index (χ2v) is 7.21. The maximum atomic E-state index is 12.0. The van der Waals surface area contributed by atoms with Crippen LogP contribution in [0.1, 0.15) is 24.3 Å². The van der Waals surface area contributed by atoms with Crippen molar-refractivity contribution in [2.75, 3.05) is 10.0 Å². The molecular formula is C14H16N4O4S. The minimum atomic E-state index is -3.61. The number of aryl methyl sites for hydroxylation is 1. The molecular weight excluding hydrogens is 320 g/mol. The average Bonchev–Trinajstić information content (AvgIpc) is 3.25. The van der Waals surface area contributed by atoms with Crippen LogP contribution in [0.2, 0.25) is 0 Å². The van der Waals surface area contributed by atoms with Gasteiger partial charge in [-0.3, -0.25) is 9.52 Å². The second-order valence-electron chi connectivity index (χ2n) is 5.49. The molecule has 1 fully saturated rings. The van der Waals surface area contributed by atoms with Gasteiger partial charge in [0.25, 0.3) is 0 Å². The molecule has 0 radical (unpaired) electrons. The fourth-order valence-corrected chi connectivity index (χ4v) is 3.08. The van der Waals surface area contributed by atoms with E-state index >= 15 is 0 Å². The fourth-order valence-electron chi connectivity index (χ4n) is 2.00. The van der Waals surface area contributed by atoms with Crippen molar-refractivity contribution in [3.63, 3.8) is 0 Å². The Balaban J connectivity index is 1.61. The minimum Gasteiger partial charge on any atom is -0.361 e. The first-order chi connectivity index (χ1) is 10.9. The van der Waals surface area contributed by atoms with Crippen molar-refractivity contribution in [3.8, 4) is 0 Å². The lowest BCUT2D eigenvalue weighted by Gasteiger charge is -2.07. The first-order valence-corrected chi connectivity index (χ1v) is 8.76. The van der Waals surface area contributed by atoms with Gasteiger partial charge in [0.05, 0.1) is 11.9 Å². The highest BCUT2D eigenvalue weighted by Gasteiger charge is 2.29. The van der Waals surface area contributed by atoms with Gasteiger partial charge >= 0.3 is 0 Å². The van der Waals surface area contributed by atoms with Gasteiger partial charge in [-0.05, 0) is 31.9 Å². The van der Waals surface area contributed by atoms with Gasteiger partial charge in [-0.25, -0.2) is 13.4 Å². The van der Waals surface area contributed by atoms with Gasteiger partial charge in [0.1, 0.15) is 23.0 Å². The zero-order valence-corrected chi connectivity index (χ0v) is 13.3. The van der Waals surface area contributed by atoms with Gasteiger partial charge in [0, 0.05) is 12.0 Å². The quantitative estimate of drug-likeness (QED) is 0.829. The number of nitrogens with one attached hydrogen (secondary N) is 2. The van der Waals surface area contributed by atoms with Crippen molar-refractivity contribution in [1.29, 1.82) is 0 Å². The molecule has 0 bridgehead atoms. The van der Waals surface area contributed by atoms with Gasteiger partial charge < -0.3 is 9.84 Å². The number of carbonyl (C=O) groups is 1. The molecule has 0 atom stereocenters. The molecule has 8 nitrogen and oxygen atoms in total. The highest BCUT2D eigenvalue weighted by atomic mass is 32.2. The van der Waals surface area contributed by atoms with Crippen molar-refractivity contribution in [1.82, 2.24) is 10.1 Å². The Labute approximate surface area is 133 Å². The zero-order valence-electron chi connectivity index (χ0n) is 12.4. The molecule has 2 N–H and O–H groups in total. The maximum absolute atomic E-state index is 12.0. The predicted octanol–water partition coefficient (Wildman–Crippen LogP) is 1.67. The maximum Gasteiger partial charge on any atom is 0.238 e. The van der Waals surface area contributed by atoms with Crippen LogP contribution in [0.3, 0.4) is 0 Å². The highest BCUT2D eigenvalue weighted by molar-refractivity contribution is 7.91. The van der Waals surface area contributed by atoms with Crippen LogP contribution in [-0.2, 0) is 20.6 Å². The van der Waals surface area contributed by atoms with E-state index in [2.05, 4.69) is 20.2 Å². The molecule has 1 amide bonds. The average molecular weight is 336 g/mol. The SMILES string of the molecule is Cc1cc(CS(=O)(=O)Nc2ccc(NC(=O)C3CC3)nc2)no1. The number of amides is 1. The number of sulfonamides is 1. The molecule has 0 aromatic carbocycles. The van der Waals surface area contributed by atoms with Gasteiger partial charge in [0.2, 0.25) is 15.9 Å². The largest absolute Gasteiger partial charge is 0.361 e. The lowest BCUT2D eigenvalue weighted by Crippen LogP contribution is -2.16. The molecule has 0 saturated heterocycles. The van der Waals surface area contributed by atoms with E-state index in [9.17, 15) is 13.2 Å². The van der Waals surface area contributed by atoms with E-state index in [0.717, 1.165) is 12.8 Å². The number of pyridine rings is 1. The smallest absolute Gasteiger partial charge is 0.238 e. The summed E-state index contributed by atoms with van der Waals surface area (Å²) in [4.78, 5) is 15.6. The van der Waals surface area contributed by atoms with Gasteiger partial charge in [-0.2, -0.15) is 0 Å². The fraction of sp³-hybridized carbons (Fsp3) is 0.357. The first kappa shape index (κ1) is 15.5. The number of aromatic nitrogens is 2. The van der Waals surface area contributed by atoms with Crippen molar-refractivity contribution >= 4 is 27.4 Å². The van der Waals surface area contributed by atoms with Crippen LogP contribution in [0.25, 0.3) is 0 Å². The predicted molar refractivity (Wildman–Crippen MR) is 83.1 cm³/mol. The van der Waals surface area contributed by atoms with E-state index in [0.29, 0.717) is 23.0 Å². The third kappa shape index (κ3) is 4.28. The summed E-state index contributed by atoms with van der Waals surface area (Å²) in [5, 5.41) is 6.34. The Morgan fingerprint density at radius 3 is 2.74 bits per heavy atom. The Kier molecular flexibility index (Phi) is 4.03. The van der Waals surface area contributed by atoms with Gasteiger partial charge in [0.15, 0.2) is 0 Å². The van der Waals surface area contributed by atoms with Crippen LogP contribution < -0.4 is 10.0 Å². The molecule has 0 spiro atoms. The summed E-state index contributed by atoms with van der Waals surface area (Å²) in [7, 11) is -3.61. The number of hydrogen-bond acceptors (Lipinski definition) is 6. The Morgan fingerprint density at radius 1 is 1.39 bits per heavy atom. The monoisotopic (exact) mass is 336 g/mol. The summed E-state index contributed by atoms with van der Waals surface area (Å²) >= 11 is 0. The van der Waals surface area contributed by atoms with Crippen LogP contribution in [0.5, 0.6) is 0 Å². The van der Waals surface area contributed by atoms with Crippen LogP contribution in [-0.4, -0.2) is 24.5 Å². The van der Waals surface area contributed by atoms with Crippen molar-refractivity contribution in [2.45, 2.75) is 25.5 Å². The van der Waals surface area contributed by atoms with Crippen LogP contribution in [0.15, 0.2) is 28.9 Å². The summed E-state index contributed by atoms with van der Waals surface area (Å²) < 4.78 is 31.3. The molecule has 2 heterocycles. The van der Waals surface area contributed by atoms with E-state index in [-0.39, 0.29) is 17.6 Å². The topological polar surface area (TPSA) is 114 Å². The van der Waals surface area contributed by atoms with Gasteiger partial charge in [-0.15, -0.1) is 0 Å². The highest BCUT2D eigenvalue weighted by Crippen LogP contribution is 2.30. The van der Waals surface area contributed by atoms with E-state index < -0.39 is 10.0 Å². The molecule has 3 rings (SSSR count). The lowest BCUT2D eigenvalue weighted by molar-refractivity contribution is -0.117. The van der Waals surface area contributed by atoms with E-state index in [1.807, 2.05) is 0 Å². The summed E-state index contributed by atoms with van der Waals surface area (Å²) in [6.45, 7) is 1.69. The molecule has 9 heteroatoms. The van der Waals surface area contributed by atoms with Gasteiger partial charge in [-0.1, -0.05) is 5.16 Å². The number of carbonyl (C=O) groups excluding carboxylic acids is 1. The van der Waals surface area contributed by atoms with E-state index in [1.165, 1.54) is 6.20 Å². The molecule has 23 heavy (non-hydrogen) atoms. The third-order valence-corrected chi connectivity index (χ3v) is 4.47. The number of hydrogen-bond donors (Lipinski definition) is 2. The van der Waals surface area contributed by atoms with Crippen LogP contribution in [0.4, 0.5) is 11.5 Å². The molecule has 2 aromatic rings. The summed E-state index contributed by atoms with van der Waals surface area (Å²) in [5.41, 5.74) is 0.644. The summed E-state index contributed by atoms with van der Waals surface area (Å²) in [6.07, 6.45) is 3.17. The number of nitrogens with zero attached hydrogens (tertiary/aromatic N) is 2. The Bertz CT molecular complexity index is 810. The molecule has 0 aliphatic heterocycles. The number of anilines is 2. The number of rotatable bonds is 6. The molecule has 2 aromatic heterocycles. The van der Waals surface area contributed by atoms with Crippen molar-refractivity contribution in [2.24, 2.45) is 5.92 Å². The molecule has 1 aliphatic rings. The minimum absolute atomic E-state index is 0.0489. The molecule has 1 saturated carbocycles. The first-order valence-electron chi connectivity index (χ1n) is 7.11. The van der Waals surface area contributed by atoms with E-state index in [1.54, 1.807) is 25.1 Å². The molecule has 122 valence electrons. The van der Waals surface area contributed by atoms with Crippen molar-refractivity contribution < 1.29 is 17.7 Å². The zero-order chi connectivity index (χ0) is 16.4. The lowest BCUT2D eigenvalue weighted by atomic mass is 10.3.